The average Bonchev–Trinajstić information content (AvgIpc) is 2.48. The Bertz CT molecular complexity index is 671. The third-order valence-electron chi connectivity index (χ3n) is 2.90. The fourth-order valence-corrected chi connectivity index (χ4v) is 1.88. The molecule has 0 bridgehead atoms. The van der Waals surface area contributed by atoms with Crippen molar-refractivity contribution >= 4 is 17.6 Å². The summed E-state index contributed by atoms with van der Waals surface area (Å²) < 4.78 is 0. The van der Waals surface area contributed by atoms with E-state index < -0.39 is 5.97 Å². The number of hydrogen-bond donors (Lipinski definition) is 3. The van der Waals surface area contributed by atoms with Crippen molar-refractivity contribution in [2.75, 3.05) is 5.32 Å². The number of hydrogen-bond acceptors (Lipinski definition) is 4. The van der Waals surface area contributed by atoms with Crippen LogP contribution in [-0.2, 0) is 17.8 Å². The molecule has 0 fully saturated rings. The van der Waals surface area contributed by atoms with Crippen molar-refractivity contribution in [1.29, 1.82) is 0 Å². The minimum Gasteiger partial charge on any atom is -0.481 e. The van der Waals surface area contributed by atoms with Gasteiger partial charge in [-0.15, -0.1) is 0 Å². The van der Waals surface area contributed by atoms with Crippen molar-refractivity contribution in [3.8, 4) is 0 Å². The Hall–Kier alpha value is -2.73. The third kappa shape index (κ3) is 3.87. The molecule has 2 rings (SSSR count). The Morgan fingerprint density at radius 2 is 2.00 bits per heavy atom. The molecule has 21 heavy (non-hydrogen) atoms. The number of amides is 1. The van der Waals surface area contributed by atoms with Crippen molar-refractivity contribution in [1.82, 2.24) is 4.98 Å². The van der Waals surface area contributed by atoms with Gasteiger partial charge in [-0.1, -0.05) is 18.2 Å². The van der Waals surface area contributed by atoms with Crippen LogP contribution in [0, 0.1) is 0 Å². The summed E-state index contributed by atoms with van der Waals surface area (Å²) >= 11 is 0. The summed E-state index contributed by atoms with van der Waals surface area (Å²) in [5.74, 6) is -1.28. The lowest BCUT2D eigenvalue weighted by atomic mass is 10.1. The molecular formula is C15H15N3O3. The Kier molecular flexibility index (Phi) is 4.63. The van der Waals surface area contributed by atoms with Crippen LogP contribution in [0.3, 0.4) is 0 Å². The number of carboxylic acids is 1. The normalized spacial score (nSPS) is 10.1. The zero-order valence-corrected chi connectivity index (χ0v) is 11.2. The van der Waals surface area contributed by atoms with E-state index in [1.54, 1.807) is 36.4 Å². The number of carbonyl (C=O) groups is 2. The molecule has 0 atom stereocenters. The number of nitrogens with one attached hydrogen (secondary N) is 1. The van der Waals surface area contributed by atoms with Crippen molar-refractivity contribution in [3.05, 3.63) is 59.4 Å². The number of carbonyl (C=O) groups excluding carboxylic acids is 1. The van der Waals surface area contributed by atoms with Gasteiger partial charge in [-0.2, -0.15) is 0 Å². The molecule has 6 nitrogen and oxygen atoms in total. The molecule has 0 aliphatic heterocycles. The molecule has 4 N–H and O–H groups in total. The van der Waals surface area contributed by atoms with Gasteiger partial charge in [0.1, 0.15) is 0 Å². The topological polar surface area (TPSA) is 105 Å². The van der Waals surface area contributed by atoms with E-state index in [0.717, 1.165) is 0 Å². The van der Waals surface area contributed by atoms with E-state index >= 15 is 0 Å². The minimum atomic E-state index is -0.953. The van der Waals surface area contributed by atoms with Crippen molar-refractivity contribution in [2.45, 2.75) is 13.0 Å². The largest absolute Gasteiger partial charge is 0.481 e. The Balaban J connectivity index is 2.21. The van der Waals surface area contributed by atoms with Crippen LogP contribution >= 0.6 is 0 Å². The zero-order chi connectivity index (χ0) is 15.2. The van der Waals surface area contributed by atoms with Crippen LogP contribution in [0.2, 0.25) is 0 Å². The van der Waals surface area contributed by atoms with Crippen molar-refractivity contribution in [3.63, 3.8) is 0 Å². The average molecular weight is 285 g/mol. The van der Waals surface area contributed by atoms with Gasteiger partial charge in [-0.05, 0) is 23.8 Å². The molecular weight excluding hydrogens is 270 g/mol. The van der Waals surface area contributed by atoms with Crippen LogP contribution < -0.4 is 11.1 Å². The second-order valence-electron chi connectivity index (χ2n) is 4.42. The van der Waals surface area contributed by atoms with Gasteiger partial charge >= 0.3 is 5.97 Å². The number of para-hydroxylation sites is 1. The van der Waals surface area contributed by atoms with Crippen LogP contribution in [-0.4, -0.2) is 22.0 Å². The highest BCUT2D eigenvalue weighted by Crippen LogP contribution is 2.17. The minimum absolute atomic E-state index is 0.152. The quantitative estimate of drug-likeness (QED) is 0.770. The summed E-state index contributed by atoms with van der Waals surface area (Å²) in [7, 11) is 0. The first-order valence-corrected chi connectivity index (χ1v) is 6.36. The first kappa shape index (κ1) is 14.7. The number of nitrogens with zero attached hydrogens (tertiary/aromatic N) is 1. The van der Waals surface area contributed by atoms with Gasteiger partial charge in [0.2, 0.25) is 0 Å². The number of rotatable bonds is 5. The second kappa shape index (κ2) is 6.62. The Morgan fingerprint density at radius 3 is 2.71 bits per heavy atom. The maximum absolute atomic E-state index is 12.2. The van der Waals surface area contributed by atoms with E-state index in [0.29, 0.717) is 22.5 Å². The summed E-state index contributed by atoms with van der Waals surface area (Å²) in [4.78, 5) is 27.0. The number of carboxylic acid groups (broad SMARTS) is 1. The van der Waals surface area contributed by atoms with Crippen LogP contribution in [0.1, 0.15) is 21.6 Å². The standard InChI is InChI=1S/C15H15N3O3/c16-9-12-7-11(5-6-17-12)15(21)18-13-4-2-1-3-10(13)8-14(19)20/h1-7H,8-9,16H2,(H,18,21)(H,19,20). The van der Waals surface area contributed by atoms with Crippen LogP contribution in [0.5, 0.6) is 0 Å². The maximum Gasteiger partial charge on any atom is 0.307 e. The van der Waals surface area contributed by atoms with Crippen LogP contribution in [0.4, 0.5) is 5.69 Å². The second-order valence-corrected chi connectivity index (χ2v) is 4.42. The SMILES string of the molecule is NCc1cc(C(=O)Nc2ccccc2CC(=O)O)ccn1. The molecule has 1 amide bonds. The van der Waals surface area contributed by atoms with Gasteiger partial charge in [0, 0.05) is 24.0 Å². The van der Waals surface area contributed by atoms with E-state index in [4.69, 9.17) is 10.8 Å². The zero-order valence-electron chi connectivity index (χ0n) is 11.2. The molecule has 0 aliphatic carbocycles. The molecule has 2 aromatic rings. The molecule has 1 heterocycles. The number of benzene rings is 1. The molecule has 0 saturated heterocycles. The van der Waals surface area contributed by atoms with E-state index in [1.807, 2.05) is 0 Å². The highest BCUT2D eigenvalue weighted by atomic mass is 16.4. The van der Waals surface area contributed by atoms with Gasteiger partial charge < -0.3 is 16.2 Å². The first-order valence-electron chi connectivity index (χ1n) is 6.36. The van der Waals surface area contributed by atoms with E-state index in [1.165, 1.54) is 6.20 Å². The van der Waals surface area contributed by atoms with Crippen LogP contribution in [0.15, 0.2) is 42.6 Å². The molecule has 1 aromatic carbocycles. The number of aromatic nitrogens is 1. The summed E-state index contributed by atoms with van der Waals surface area (Å²) in [6, 6.07) is 9.98. The summed E-state index contributed by atoms with van der Waals surface area (Å²) in [5, 5.41) is 11.6. The fourth-order valence-electron chi connectivity index (χ4n) is 1.88. The van der Waals surface area contributed by atoms with E-state index in [-0.39, 0.29) is 18.9 Å². The van der Waals surface area contributed by atoms with Gasteiger partial charge in [-0.3, -0.25) is 14.6 Å². The van der Waals surface area contributed by atoms with Crippen LogP contribution in [0.25, 0.3) is 0 Å². The summed E-state index contributed by atoms with van der Waals surface area (Å²) in [6.45, 7) is 0.247. The highest BCUT2D eigenvalue weighted by molar-refractivity contribution is 6.04. The number of anilines is 1. The molecule has 0 spiro atoms. The Morgan fingerprint density at radius 1 is 1.24 bits per heavy atom. The van der Waals surface area contributed by atoms with E-state index in [9.17, 15) is 9.59 Å². The number of nitrogens with two attached hydrogens (primary N) is 1. The lowest BCUT2D eigenvalue weighted by Crippen LogP contribution is -2.15. The lowest BCUT2D eigenvalue weighted by molar-refractivity contribution is -0.136. The molecule has 6 heteroatoms. The molecule has 0 saturated carbocycles. The van der Waals surface area contributed by atoms with Crippen molar-refractivity contribution < 1.29 is 14.7 Å². The fraction of sp³-hybridized carbons (Fsp3) is 0.133. The number of aliphatic carboxylic acids is 1. The Labute approximate surface area is 121 Å². The molecule has 0 aliphatic rings. The van der Waals surface area contributed by atoms with Crippen molar-refractivity contribution in [2.24, 2.45) is 5.73 Å². The van der Waals surface area contributed by atoms with Gasteiger partial charge in [0.25, 0.3) is 5.91 Å². The monoisotopic (exact) mass is 285 g/mol. The maximum atomic E-state index is 12.2. The van der Waals surface area contributed by atoms with E-state index in [2.05, 4.69) is 10.3 Å². The molecule has 1 aromatic heterocycles. The number of pyridine rings is 1. The molecule has 108 valence electrons. The summed E-state index contributed by atoms with van der Waals surface area (Å²) in [6.07, 6.45) is 1.36. The predicted octanol–water partition coefficient (Wildman–Crippen LogP) is 1.42. The lowest BCUT2D eigenvalue weighted by Gasteiger charge is -2.10. The third-order valence-corrected chi connectivity index (χ3v) is 2.90. The smallest absolute Gasteiger partial charge is 0.307 e. The van der Waals surface area contributed by atoms with Gasteiger partial charge in [-0.25, -0.2) is 0 Å². The predicted molar refractivity (Wildman–Crippen MR) is 77.9 cm³/mol. The van der Waals surface area contributed by atoms with Gasteiger partial charge in [0.05, 0.1) is 12.1 Å². The highest BCUT2D eigenvalue weighted by Gasteiger charge is 2.11. The first-order chi connectivity index (χ1) is 10.1. The molecule has 0 unspecified atom stereocenters. The summed E-state index contributed by atoms with van der Waals surface area (Å²) in [5.41, 5.74) is 7.56. The molecule has 0 radical (unpaired) electrons. The van der Waals surface area contributed by atoms with Gasteiger partial charge in [0.15, 0.2) is 0 Å².